The first-order valence-corrected chi connectivity index (χ1v) is 10.4. The van der Waals surface area contributed by atoms with Gasteiger partial charge in [0.15, 0.2) is 5.13 Å². The van der Waals surface area contributed by atoms with Crippen LogP contribution in [0, 0.1) is 6.92 Å². The Kier molecular flexibility index (Phi) is 4.01. The summed E-state index contributed by atoms with van der Waals surface area (Å²) in [4.78, 5) is 29.4. The van der Waals surface area contributed by atoms with Gasteiger partial charge in [-0.05, 0) is 43.7 Å². The zero-order chi connectivity index (χ0) is 19.3. The molecule has 2 heterocycles. The van der Waals surface area contributed by atoms with Crippen molar-refractivity contribution >= 4 is 48.5 Å². The largest absolute Gasteiger partial charge is 0.300 e. The highest BCUT2D eigenvalue weighted by Gasteiger charge is 2.45. The molecule has 2 aromatic carbocycles. The normalized spacial score (nSPS) is 16.4. The standard InChI is InChI=1S/C18H15N3O4S2/c1-10-7-8-13-14(9-10)26-18(19-13)20-16(22)11(2)21-17(23)12-5-3-4-6-15(12)27(21,24)25/h3-9,11H,1-2H3,(H,19,20,22). The fourth-order valence-corrected chi connectivity index (χ4v) is 5.68. The van der Waals surface area contributed by atoms with E-state index in [9.17, 15) is 18.0 Å². The number of nitrogens with one attached hydrogen (secondary N) is 1. The van der Waals surface area contributed by atoms with E-state index >= 15 is 0 Å². The van der Waals surface area contributed by atoms with Gasteiger partial charge in [-0.3, -0.25) is 9.59 Å². The Hall–Kier alpha value is -2.78. The zero-order valence-corrected chi connectivity index (χ0v) is 16.1. The molecule has 27 heavy (non-hydrogen) atoms. The average molecular weight is 401 g/mol. The Morgan fingerprint density at radius 3 is 2.70 bits per heavy atom. The Balaban J connectivity index is 1.61. The molecule has 1 N–H and O–H groups in total. The van der Waals surface area contributed by atoms with Gasteiger partial charge in [-0.2, -0.15) is 0 Å². The van der Waals surface area contributed by atoms with Crippen LogP contribution in [-0.2, 0) is 14.8 Å². The fraction of sp³-hybridized carbons (Fsp3) is 0.167. The van der Waals surface area contributed by atoms with Gasteiger partial charge in [0, 0.05) is 0 Å². The summed E-state index contributed by atoms with van der Waals surface area (Å²) < 4.78 is 26.9. The van der Waals surface area contributed by atoms with Crippen molar-refractivity contribution in [3.05, 3.63) is 53.6 Å². The summed E-state index contributed by atoms with van der Waals surface area (Å²) in [7, 11) is -4.06. The van der Waals surface area contributed by atoms with E-state index < -0.39 is 27.9 Å². The third-order valence-electron chi connectivity index (χ3n) is 4.36. The maximum atomic E-state index is 12.7. The van der Waals surface area contributed by atoms with Gasteiger partial charge in [-0.25, -0.2) is 17.7 Å². The molecule has 2 amide bonds. The molecule has 1 aliphatic rings. The first-order valence-electron chi connectivity index (χ1n) is 8.15. The third kappa shape index (κ3) is 2.79. The van der Waals surface area contributed by atoms with E-state index in [1.54, 1.807) is 12.1 Å². The molecule has 0 saturated carbocycles. The summed E-state index contributed by atoms with van der Waals surface area (Å²) >= 11 is 1.29. The minimum atomic E-state index is -4.06. The fourth-order valence-electron chi connectivity index (χ4n) is 2.99. The van der Waals surface area contributed by atoms with Gasteiger partial charge in [0.05, 0.1) is 15.8 Å². The number of anilines is 1. The van der Waals surface area contributed by atoms with Crippen molar-refractivity contribution in [2.75, 3.05) is 5.32 Å². The number of nitrogens with zero attached hydrogens (tertiary/aromatic N) is 2. The average Bonchev–Trinajstić information content (AvgIpc) is 3.10. The van der Waals surface area contributed by atoms with E-state index in [4.69, 9.17) is 0 Å². The quantitative estimate of drug-likeness (QED) is 0.728. The van der Waals surface area contributed by atoms with Crippen LogP contribution in [0.4, 0.5) is 5.13 Å². The monoisotopic (exact) mass is 401 g/mol. The van der Waals surface area contributed by atoms with Crippen LogP contribution in [0.1, 0.15) is 22.8 Å². The zero-order valence-electron chi connectivity index (χ0n) is 14.5. The molecular formula is C18H15N3O4S2. The summed E-state index contributed by atoms with van der Waals surface area (Å²) in [5.74, 6) is -1.32. The lowest BCUT2D eigenvalue weighted by Crippen LogP contribution is -2.45. The number of sulfonamides is 1. The van der Waals surface area contributed by atoms with Gasteiger partial charge >= 0.3 is 0 Å². The van der Waals surface area contributed by atoms with Gasteiger partial charge in [0.2, 0.25) is 5.91 Å². The number of rotatable bonds is 3. The lowest BCUT2D eigenvalue weighted by atomic mass is 10.2. The van der Waals surface area contributed by atoms with Gasteiger partial charge in [0.1, 0.15) is 10.9 Å². The first kappa shape index (κ1) is 17.6. The molecule has 1 aromatic heterocycles. The number of thiazole rings is 1. The number of aryl methyl sites for hydroxylation is 1. The predicted molar refractivity (Wildman–Crippen MR) is 102 cm³/mol. The highest BCUT2D eigenvalue weighted by atomic mass is 32.2. The predicted octanol–water partition coefficient (Wildman–Crippen LogP) is 2.78. The third-order valence-corrected chi connectivity index (χ3v) is 7.21. The molecule has 0 radical (unpaired) electrons. The second-order valence-electron chi connectivity index (χ2n) is 6.26. The minimum Gasteiger partial charge on any atom is -0.300 e. The molecule has 138 valence electrons. The molecular weight excluding hydrogens is 386 g/mol. The molecule has 0 fully saturated rings. The number of fused-ring (bicyclic) bond motifs is 2. The van der Waals surface area contributed by atoms with Crippen LogP contribution >= 0.6 is 11.3 Å². The molecule has 1 unspecified atom stereocenters. The van der Waals surface area contributed by atoms with Crippen molar-refractivity contribution in [1.29, 1.82) is 0 Å². The SMILES string of the molecule is Cc1ccc2nc(NC(=O)C(C)N3C(=O)c4ccccc4S3(=O)=O)sc2c1. The second-order valence-corrected chi connectivity index (χ2v) is 9.07. The number of aromatic nitrogens is 1. The molecule has 9 heteroatoms. The Bertz CT molecular complexity index is 1200. The second kappa shape index (κ2) is 6.14. The summed E-state index contributed by atoms with van der Waals surface area (Å²) in [6.07, 6.45) is 0. The molecule has 0 aliphatic carbocycles. The van der Waals surface area contributed by atoms with Gasteiger partial charge in [-0.1, -0.05) is 29.5 Å². The van der Waals surface area contributed by atoms with Crippen LogP contribution in [0.5, 0.6) is 0 Å². The van der Waals surface area contributed by atoms with Crippen molar-refractivity contribution in [1.82, 2.24) is 9.29 Å². The topological polar surface area (TPSA) is 96.4 Å². The Morgan fingerprint density at radius 1 is 1.22 bits per heavy atom. The van der Waals surface area contributed by atoms with Crippen molar-refractivity contribution in [2.24, 2.45) is 0 Å². The van der Waals surface area contributed by atoms with E-state index in [0.29, 0.717) is 9.44 Å². The maximum absolute atomic E-state index is 12.7. The van der Waals surface area contributed by atoms with Crippen molar-refractivity contribution in [2.45, 2.75) is 24.8 Å². The van der Waals surface area contributed by atoms with Crippen LogP contribution in [-0.4, -0.2) is 35.6 Å². The number of carbonyl (C=O) groups is 2. The lowest BCUT2D eigenvalue weighted by Gasteiger charge is -2.21. The van der Waals surface area contributed by atoms with Crippen LogP contribution in [0.15, 0.2) is 47.4 Å². The number of hydrogen-bond acceptors (Lipinski definition) is 6. The number of hydrogen-bond donors (Lipinski definition) is 1. The summed E-state index contributed by atoms with van der Waals surface area (Å²) in [5.41, 5.74) is 1.89. The highest BCUT2D eigenvalue weighted by Crippen LogP contribution is 2.32. The van der Waals surface area contributed by atoms with Crippen molar-refractivity contribution < 1.29 is 18.0 Å². The van der Waals surface area contributed by atoms with Crippen molar-refractivity contribution in [3.8, 4) is 0 Å². The van der Waals surface area contributed by atoms with E-state index in [-0.39, 0.29) is 10.5 Å². The number of carbonyl (C=O) groups excluding carboxylic acids is 2. The van der Waals surface area contributed by atoms with Crippen LogP contribution in [0.3, 0.4) is 0 Å². The van der Waals surface area contributed by atoms with Gasteiger partial charge in [0.25, 0.3) is 15.9 Å². The molecule has 0 spiro atoms. The smallest absolute Gasteiger partial charge is 0.269 e. The van der Waals surface area contributed by atoms with Crippen LogP contribution in [0.25, 0.3) is 10.2 Å². The molecule has 3 aromatic rings. The van der Waals surface area contributed by atoms with E-state index in [1.807, 2.05) is 25.1 Å². The molecule has 1 aliphatic heterocycles. The lowest BCUT2D eigenvalue weighted by molar-refractivity contribution is -0.118. The van der Waals surface area contributed by atoms with Gasteiger partial charge in [-0.15, -0.1) is 0 Å². The molecule has 0 bridgehead atoms. The molecule has 1 atom stereocenters. The van der Waals surface area contributed by atoms with Crippen LogP contribution in [0.2, 0.25) is 0 Å². The summed E-state index contributed by atoms with van der Waals surface area (Å²) in [5, 5.41) is 2.98. The maximum Gasteiger partial charge on any atom is 0.269 e. The first-order chi connectivity index (χ1) is 12.8. The number of amides is 2. The summed E-state index contributed by atoms with van der Waals surface area (Å²) in [6.45, 7) is 3.34. The highest BCUT2D eigenvalue weighted by molar-refractivity contribution is 7.90. The molecule has 7 nitrogen and oxygen atoms in total. The summed E-state index contributed by atoms with van der Waals surface area (Å²) in [6, 6.07) is 10.5. The van der Waals surface area contributed by atoms with E-state index in [1.165, 1.54) is 30.4 Å². The Labute approximate surface area is 159 Å². The minimum absolute atomic E-state index is 0.0765. The Morgan fingerprint density at radius 2 is 1.96 bits per heavy atom. The van der Waals surface area contributed by atoms with E-state index in [0.717, 1.165) is 15.8 Å². The van der Waals surface area contributed by atoms with Crippen LogP contribution < -0.4 is 5.32 Å². The van der Waals surface area contributed by atoms with Gasteiger partial charge < -0.3 is 5.32 Å². The van der Waals surface area contributed by atoms with Crippen molar-refractivity contribution in [3.63, 3.8) is 0 Å². The molecule has 4 rings (SSSR count). The van der Waals surface area contributed by atoms with E-state index in [2.05, 4.69) is 10.3 Å². The molecule has 0 saturated heterocycles. The number of benzene rings is 2.